The first-order valence-electron chi connectivity index (χ1n) is 13.8. The van der Waals surface area contributed by atoms with Gasteiger partial charge in [0.25, 0.3) is 11.5 Å². The number of alkyl halides is 3. The number of nitrogens with one attached hydrogen (secondary N) is 1. The fourth-order valence-electron chi connectivity index (χ4n) is 5.43. The molecule has 0 radical (unpaired) electrons. The Hall–Kier alpha value is -4.43. The van der Waals surface area contributed by atoms with Gasteiger partial charge in [0.1, 0.15) is 23.5 Å². The highest BCUT2D eigenvalue weighted by Crippen LogP contribution is 2.33. The second kappa shape index (κ2) is 12.2. The molecule has 45 heavy (non-hydrogen) atoms. The van der Waals surface area contributed by atoms with Crippen LogP contribution in [0.25, 0.3) is 16.8 Å². The highest BCUT2D eigenvalue weighted by atomic mass is 35.5. The zero-order chi connectivity index (χ0) is 32.8. The van der Waals surface area contributed by atoms with Gasteiger partial charge in [0.15, 0.2) is 0 Å². The van der Waals surface area contributed by atoms with E-state index in [0.29, 0.717) is 27.6 Å². The van der Waals surface area contributed by atoms with Crippen molar-refractivity contribution in [2.75, 3.05) is 24.7 Å². The van der Waals surface area contributed by atoms with Crippen molar-refractivity contribution >= 4 is 34.8 Å². The molecule has 1 aromatic carbocycles. The molecule has 3 aromatic heterocycles. The van der Waals surface area contributed by atoms with E-state index in [1.165, 1.54) is 29.8 Å². The fourth-order valence-corrected chi connectivity index (χ4v) is 5.66. The summed E-state index contributed by atoms with van der Waals surface area (Å²) in [5.41, 5.74) is 1.22. The number of carboxylic acid groups (broad SMARTS) is 1. The minimum Gasteiger partial charge on any atom is -0.480 e. The predicted octanol–water partition coefficient (Wildman–Crippen LogP) is 4.30. The van der Waals surface area contributed by atoms with Crippen LogP contribution in [-0.2, 0) is 23.0 Å². The molecule has 0 bridgehead atoms. The Bertz CT molecular complexity index is 1850. The highest BCUT2D eigenvalue weighted by molar-refractivity contribution is 6.31. The van der Waals surface area contributed by atoms with E-state index in [0.717, 1.165) is 11.0 Å². The monoisotopic (exact) mass is 649 g/mol. The molecule has 4 aromatic rings. The topological polar surface area (TPSA) is 118 Å². The third-order valence-corrected chi connectivity index (χ3v) is 8.31. The highest BCUT2D eigenvalue weighted by Gasteiger charge is 2.45. The molecule has 4 heterocycles. The number of carbonyl (C=O) groups is 2. The molecule has 0 spiro atoms. The smallest absolute Gasteiger partial charge is 0.411 e. The van der Waals surface area contributed by atoms with Crippen LogP contribution >= 0.6 is 11.6 Å². The largest absolute Gasteiger partial charge is 0.480 e. The first kappa shape index (κ1) is 32.0. The SMILES string of the molecule is Cc1cc(N2CCOC[C@@H]2C(F)(F)F)cc(F)c1C(=O)N[C@@H](Cc1ccc(-c2cc(Cl)c(C)n(C)c2=O)c2nccn12)C(=O)O. The number of imidazole rings is 1. The van der Waals surface area contributed by atoms with Gasteiger partial charge in [-0.25, -0.2) is 14.2 Å². The van der Waals surface area contributed by atoms with E-state index in [4.69, 9.17) is 16.3 Å². The minimum absolute atomic E-state index is 0.0103. The number of halogens is 5. The molecule has 1 aliphatic heterocycles. The van der Waals surface area contributed by atoms with Gasteiger partial charge in [0, 0.05) is 55.0 Å². The number of benzene rings is 1. The van der Waals surface area contributed by atoms with Gasteiger partial charge in [-0.3, -0.25) is 9.59 Å². The lowest BCUT2D eigenvalue weighted by molar-refractivity contribution is -0.167. The first-order chi connectivity index (χ1) is 21.2. The summed E-state index contributed by atoms with van der Waals surface area (Å²) in [6.07, 6.45) is -1.84. The van der Waals surface area contributed by atoms with Gasteiger partial charge in [-0.1, -0.05) is 11.6 Å². The molecular formula is C30H28ClF4N5O5. The maximum Gasteiger partial charge on any atom is 0.411 e. The van der Waals surface area contributed by atoms with Crippen molar-refractivity contribution in [3.63, 3.8) is 0 Å². The maximum absolute atomic E-state index is 15.3. The van der Waals surface area contributed by atoms with Crippen molar-refractivity contribution in [2.45, 2.75) is 38.5 Å². The van der Waals surface area contributed by atoms with E-state index in [9.17, 15) is 32.7 Å². The standard InChI is InChI=1S/C30H28ClF4N5O5/c1-15-10-18(39-8-9-45-14-24(39)30(33,34)35)11-22(32)25(15)27(41)37-23(29(43)44)12-17-4-5-19(26-36-6-7-40(17)26)20-13-21(31)16(2)38(3)28(20)42/h4-7,10-11,13,23-24H,8-9,12,14H2,1-3H3,(H,37,41)(H,43,44)/t23-,24+/m0/s1. The normalized spacial score (nSPS) is 16.2. The summed E-state index contributed by atoms with van der Waals surface area (Å²) in [7, 11) is 1.59. The summed E-state index contributed by atoms with van der Waals surface area (Å²) in [5.74, 6) is -3.55. The van der Waals surface area contributed by atoms with Gasteiger partial charge in [-0.15, -0.1) is 0 Å². The number of ether oxygens (including phenoxy) is 1. The van der Waals surface area contributed by atoms with Gasteiger partial charge in [0.2, 0.25) is 0 Å². The summed E-state index contributed by atoms with van der Waals surface area (Å²) in [4.78, 5) is 43.7. The lowest BCUT2D eigenvalue weighted by Crippen LogP contribution is -2.53. The van der Waals surface area contributed by atoms with E-state index in [-0.39, 0.29) is 41.9 Å². The molecule has 1 amide bonds. The average Bonchev–Trinajstić information content (AvgIpc) is 3.47. The number of carbonyl (C=O) groups excluding carboxylic acids is 1. The number of aliphatic carboxylic acids is 1. The molecule has 0 unspecified atom stereocenters. The molecule has 2 N–H and O–H groups in total. The number of morpholine rings is 1. The number of pyridine rings is 2. The van der Waals surface area contributed by atoms with Crippen molar-refractivity contribution in [2.24, 2.45) is 7.05 Å². The number of amides is 1. The first-order valence-corrected chi connectivity index (χ1v) is 14.1. The molecule has 0 saturated carbocycles. The summed E-state index contributed by atoms with van der Waals surface area (Å²) < 4.78 is 64.0. The Morgan fingerprint density at radius 1 is 1.20 bits per heavy atom. The molecule has 15 heteroatoms. The lowest BCUT2D eigenvalue weighted by atomic mass is 10.0. The number of rotatable bonds is 7. The average molecular weight is 650 g/mol. The lowest BCUT2D eigenvalue weighted by Gasteiger charge is -2.38. The maximum atomic E-state index is 15.3. The Kier molecular flexibility index (Phi) is 8.64. The number of aryl methyl sites for hydroxylation is 1. The van der Waals surface area contributed by atoms with Crippen LogP contribution in [0.15, 0.2) is 47.5 Å². The predicted molar refractivity (Wildman–Crippen MR) is 157 cm³/mol. The second-order valence-electron chi connectivity index (χ2n) is 10.7. The van der Waals surface area contributed by atoms with E-state index >= 15 is 4.39 Å². The number of nitrogens with zero attached hydrogens (tertiary/aromatic N) is 4. The number of hydrogen-bond donors (Lipinski definition) is 2. The molecule has 238 valence electrons. The Morgan fingerprint density at radius 3 is 2.60 bits per heavy atom. The molecule has 5 rings (SSSR count). The summed E-state index contributed by atoms with van der Waals surface area (Å²) in [6.45, 7) is 2.32. The Balaban J connectivity index is 1.42. The van der Waals surface area contributed by atoms with E-state index in [2.05, 4.69) is 10.3 Å². The van der Waals surface area contributed by atoms with Crippen molar-refractivity contribution in [3.8, 4) is 11.1 Å². The molecule has 1 aliphatic rings. The summed E-state index contributed by atoms with van der Waals surface area (Å²) in [6, 6.07) is 3.29. The van der Waals surface area contributed by atoms with Gasteiger partial charge >= 0.3 is 12.1 Å². The Labute approximate surface area is 258 Å². The van der Waals surface area contributed by atoms with Crippen LogP contribution in [0.1, 0.15) is 27.3 Å². The van der Waals surface area contributed by atoms with Gasteiger partial charge < -0.3 is 29.0 Å². The van der Waals surface area contributed by atoms with Crippen molar-refractivity contribution < 1.29 is 37.0 Å². The molecular weight excluding hydrogens is 622 g/mol. The van der Waals surface area contributed by atoms with Gasteiger partial charge in [-0.2, -0.15) is 13.2 Å². The van der Waals surface area contributed by atoms with Gasteiger partial charge in [0.05, 0.1) is 29.4 Å². The third-order valence-electron chi connectivity index (χ3n) is 7.93. The molecule has 10 nitrogen and oxygen atoms in total. The van der Waals surface area contributed by atoms with Crippen LogP contribution in [0.5, 0.6) is 0 Å². The fraction of sp³-hybridized carbons (Fsp3) is 0.333. The molecule has 1 saturated heterocycles. The van der Waals surface area contributed by atoms with Crippen LogP contribution in [0.3, 0.4) is 0 Å². The van der Waals surface area contributed by atoms with Crippen LogP contribution < -0.4 is 15.8 Å². The number of hydrogen-bond acceptors (Lipinski definition) is 6. The number of carboxylic acids is 1. The van der Waals surface area contributed by atoms with Crippen LogP contribution in [0.4, 0.5) is 23.2 Å². The molecule has 2 atom stereocenters. The zero-order valence-corrected chi connectivity index (χ0v) is 25.0. The van der Waals surface area contributed by atoms with E-state index in [1.807, 2.05) is 0 Å². The second-order valence-corrected chi connectivity index (χ2v) is 11.1. The molecule has 0 aliphatic carbocycles. The van der Waals surface area contributed by atoms with Crippen molar-refractivity contribution in [1.82, 2.24) is 19.3 Å². The van der Waals surface area contributed by atoms with E-state index < -0.39 is 48.1 Å². The number of aromatic nitrogens is 3. The van der Waals surface area contributed by atoms with Crippen molar-refractivity contribution in [1.29, 1.82) is 0 Å². The van der Waals surface area contributed by atoms with Crippen LogP contribution in [0.2, 0.25) is 5.02 Å². The number of anilines is 1. The Morgan fingerprint density at radius 2 is 1.93 bits per heavy atom. The quantitative estimate of drug-likeness (QED) is 0.287. The van der Waals surface area contributed by atoms with Crippen LogP contribution in [-0.4, -0.2) is 69.0 Å². The van der Waals surface area contributed by atoms with Crippen molar-refractivity contribution in [3.05, 3.63) is 86.4 Å². The summed E-state index contributed by atoms with van der Waals surface area (Å²) >= 11 is 6.32. The van der Waals surface area contributed by atoms with Crippen LogP contribution in [0, 0.1) is 19.7 Å². The van der Waals surface area contributed by atoms with E-state index in [1.54, 1.807) is 36.7 Å². The molecule has 1 fully saturated rings. The minimum atomic E-state index is -4.63. The van der Waals surface area contributed by atoms with Gasteiger partial charge in [-0.05, 0) is 49.7 Å². The summed E-state index contributed by atoms with van der Waals surface area (Å²) in [5, 5.41) is 12.7. The number of fused-ring (bicyclic) bond motifs is 1. The third kappa shape index (κ3) is 6.12. The zero-order valence-electron chi connectivity index (χ0n) is 24.3.